The molecule has 29 heavy (non-hydrogen) atoms. The summed E-state index contributed by atoms with van der Waals surface area (Å²) in [6, 6.07) is 12.6. The highest BCUT2D eigenvalue weighted by Gasteiger charge is 2.27. The van der Waals surface area contributed by atoms with Crippen LogP contribution in [0.3, 0.4) is 0 Å². The fourth-order valence-corrected chi connectivity index (χ4v) is 3.55. The largest absolute Gasteiger partial charge is 0.481 e. The van der Waals surface area contributed by atoms with Gasteiger partial charge in [-0.2, -0.15) is 0 Å². The van der Waals surface area contributed by atoms with Crippen LogP contribution in [0.2, 0.25) is 0 Å². The summed E-state index contributed by atoms with van der Waals surface area (Å²) in [5, 5.41) is 6.80. The van der Waals surface area contributed by atoms with Crippen LogP contribution < -0.4 is 15.4 Å². The van der Waals surface area contributed by atoms with Crippen LogP contribution in [0.1, 0.15) is 35.6 Å². The van der Waals surface area contributed by atoms with E-state index in [9.17, 15) is 0 Å². The minimum Gasteiger partial charge on any atom is -0.481 e. The molecule has 1 fully saturated rings. The topological polar surface area (TPSA) is 67.8 Å². The van der Waals surface area contributed by atoms with Crippen molar-refractivity contribution in [1.29, 1.82) is 0 Å². The highest BCUT2D eigenvalue weighted by Crippen LogP contribution is 2.33. The van der Waals surface area contributed by atoms with Gasteiger partial charge in [0.1, 0.15) is 0 Å². The number of rotatable bonds is 6. The minimum atomic E-state index is 0. The molecular weight excluding hydrogens is 479 g/mol. The number of guanidine groups is 1. The van der Waals surface area contributed by atoms with Crippen molar-refractivity contribution < 1.29 is 9.47 Å². The van der Waals surface area contributed by atoms with Gasteiger partial charge < -0.3 is 20.1 Å². The summed E-state index contributed by atoms with van der Waals surface area (Å²) >= 11 is 0. The van der Waals surface area contributed by atoms with Crippen molar-refractivity contribution in [2.24, 2.45) is 10.9 Å². The zero-order valence-electron chi connectivity index (χ0n) is 17.4. The zero-order valence-corrected chi connectivity index (χ0v) is 19.7. The number of halogens is 1. The third-order valence-electron chi connectivity index (χ3n) is 5.10. The Morgan fingerprint density at radius 2 is 2.03 bits per heavy atom. The standard InChI is InChI=1S/C22H30N4O2.HI/c1-16-8-10-17(11-9-16)20-18(7-5-13-28-20)14-25-22(23-2)26-15-19-6-4-12-24-21(19)27-3;/h4,6,8-12,18,20H,5,7,13-15H2,1-3H3,(H2,23,25,26);1H. The fraction of sp³-hybridized carbons (Fsp3) is 0.455. The van der Waals surface area contributed by atoms with E-state index in [-0.39, 0.29) is 30.1 Å². The van der Waals surface area contributed by atoms with Gasteiger partial charge in [-0.1, -0.05) is 35.9 Å². The third-order valence-corrected chi connectivity index (χ3v) is 5.10. The number of methoxy groups -OCH3 is 1. The first-order valence-corrected chi connectivity index (χ1v) is 9.82. The SMILES string of the molecule is CN=C(NCc1cccnc1OC)NCC1CCCOC1c1ccc(C)cc1.I. The minimum absolute atomic E-state index is 0. The average molecular weight is 510 g/mol. The lowest BCUT2D eigenvalue weighted by molar-refractivity contribution is -0.0265. The van der Waals surface area contributed by atoms with E-state index >= 15 is 0 Å². The second-order valence-corrected chi connectivity index (χ2v) is 7.08. The molecule has 2 N–H and O–H groups in total. The molecule has 7 heteroatoms. The van der Waals surface area contributed by atoms with E-state index in [2.05, 4.69) is 51.8 Å². The van der Waals surface area contributed by atoms with Crippen LogP contribution >= 0.6 is 24.0 Å². The van der Waals surface area contributed by atoms with Crippen molar-refractivity contribution in [2.75, 3.05) is 27.3 Å². The van der Waals surface area contributed by atoms with Crippen LogP contribution in [0.4, 0.5) is 0 Å². The Kier molecular flexibility index (Phi) is 9.66. The van der Waals surface area contributed by atoms with Crippen molar-refractivity contribution in [3.63, 3.8) is 0 Å². The van der Waals surface area contributed by atoms with E-state index in [1.807, 2.05) is 12.1 Å². The second-order valence-electron chi connectivity index (χ2n) is 7.08. The Bertz CT molecular complexity index is 783. The normalized spacial score (nSPS) is 19.2. The molecule has 0 bridgehead atoms. The third kappa shape index (κ3) is 6.57. The Hall–Kier alpha value is -1.87. The molecule has 0 aliphatic carbocycles. The molecule has 0 spiro atoms. The second kappa shape index (κ2) is 12.0. The number of hydrogen-bond donors (Lipinski definition) is 2. The Balaban J connectivity index is 0.00000300. The first-order valence-electron chi connectivity index (χ1n) is 9.82. The molecule has 1 aliphatic rings. The quantitative estimate of drug-likeness (QED) is 0.351. The van der Waals surface area contributed by atoms with E-state index in [0.29, 0.717) is 18.3 Å². The van der Waals surface area contributed by atoms with Crippen LogP contribution in [0, 0.1) is 12.8 Å². The van der Waals surface area contributed by atoms with E-state index in [1.165, 1.54) is 11.1 Å². The van der Waals surface area contributed by atoms with Gasteiger partial charge in [-0.15, -0.1) is 24.0 Å². The smallest absolute Gasteiger partial charge is 0.218 e. The molecule has 1 aromatic heterocycles. The summed E-state index contributed by atoms with van der Waals surface area (Å²) in [4.78, 5) is 8.58. The highest BCUT2D eigenvalue weighted by atomic mass is 127. The van der Waals surface area contributed by atoms with Crippen molar-refractivity contribution in [1.82, 2.24) is 15.6 Å². The summed E-state index contributed by atoms with van der Waals surface area (Å²) in [5.74, 6) is 1.80. The monoisotopic (exact) mass is 510 g/mol. The molecule has 2 heterocycles. The molecule has 3 rings (SSSR count). The zero-order chi connectivity index (χ0) is 19.8. The van der Waals surface area contributed by atoms with Gasteiger partial charge in [-0.3, -0.25) is 4.99 Å². The molecule has 158 valence electrons. The molecule has 6 nitrogen and oxygen atoms in total. The lowest BCUT2D eigenvalue weighted by Gasteiger charge is -2.32. The van der Waals surface area contributed by atoms with Crippen LogP contribution in [0.25, 0.3) is 0 Å². The van der Waals surface area contributed by atoms with Crippen molar-refractivity contribution in [2.45, 2.75) is 32.4 Å². The van der Waals surface area contributed by atoms with Crippen molar-refractivity contribution >= 4 is 29.9 Å². The number of aliphatic imine (C=N–C) groups is 1. The van der Waals surface area contributed by atoms with Gasteiger partial charge in [0.05, 0.1) is 13.2 Å². The summed E-state index contributed by atoms with van der Waals surface area (Å²) in [7, 11) is 3.41. The predicted molar refractivity (Wildman–Crippen MR) is 127 cm³/mol. The van der Waals surface area contributed by atoms with Crippen molar-refractivity contribution in [3.8, 4) is 5.88 Å². The lowest BCUT2D eigenvalue weighted by atomic mass is 9.89. The van der Waals surface area contributed by atoms with Gasteiger partial charge in [-0.05, 0) is 31.4 Å². The maximum atomic E-state index is 6.12. The van der Waals surface area contributed by atoms with E-state index in [4.69, 9.17) is 9.47 Å². The lowest BCUT2D eigenvalue weighted by Crippen LogP contribution is -2.41. The molecule has 2 unspecified atom stereocenters. The number of hydrogen-bond acceptors (Lipinski definition) is 4. The highest BCUT2D eigenvalue weighted by molar-refractivity contribution is 14.0. The van der Waals surface area contributed by atoms with Gasteiger partial charge in [0, 0.05) is 44.4 Å². The number of nitrogens with zero attached hydrogens (tertiary/aromatic N) is 2. The number of ether oxygens (including phenoxy) is 2. The van der Waals surface area contributed by atoms with Crippen LogP contribution in [0.5, 0.6) is 5.88 Å². The number of nitrogens with one attached hydrogen (secondary N) is 2. The molecule has 0 radical (unpaired) electrons. The van der Waals surface area contributed by atoms with Gasteiger partial charge >= 0.3 is 0 Å². The average Bonchev–Trinajstić information content (AvgIpc) is 2.75. The molecule has 1 aliphatic heterocycles. The molecule has 1 saturated heterocycles. The van der Waals surface area contributed by atoms with Gasteiger partial charge in [0.2, 0.25) is 5.88 Å². The van der Waals surface area contributed by atoms with Crippen LogP contribution in [-0.4, -0.2) is 38.3 Å². The fourth-order valence-electron chi connectivity index (χ4n) is 3.55. The number of aryl methyl sites for hydroxylation is 1. The molecule has 1 aromatic carbocycles. The Morgan fingerprint density at radius 1 is 1.24 bits per heavy atom. The number of pyridine rings is 1. The van der Waals surface area contributed by atoms with Crippen molar-refractivity contribution in [3.05, 3.63) is 59.3 Å². The summed E-state index contributed by atoms with van der Waals surface area (Å²) < 4.78 is 11.4. The first-order chi connectivity index (χ1) is 13.7. The first kappa shape index (κ1) is 23.4. The number of aromatic nitrogens is 1. The van der Waals surface area contributed by atoms with Crippen LogP contribution in [0.15, 0.2) is 47.6 Å². The van der Waals surface area contributed by atoms with Gasteiger partial charge in [0.25, 0.3) is 0 Å². The Morgan fingerprint density at radius 3 is 2.76 bits per heavy atom. The van der Waals surface area contributed by atoms with Gasteiger partial charge in [-0.25, -0.2) is 4.98 Å². The molecule has 0 saturated carbocycles. The Labute approximate surface area is 190 Å². The summed E-state index contributed by atoms with van der Waals surface area (Å²) in [5.41, 5.74) is 3.51. The van der Waals surface area contributed by atoms with E-state index in [0.717, 1.165) is 37.5 Å². The summed E-state index contributed by atoms with van der Waals surface area (Å²) in [6.45, 7) is 4.34. The molecule has 2 aromatic rings. The van der Waals surface area contributed by atoms with E-state index in [1.54, 1.807) is 20.4 Å². The molecular formula is C22H31IN4O2. The maximum absolute atomic E-state index is 6.12. The van der Waals surface area contributed by atoms with Gasteiger partial charge in [0.15, 0.2) is 5.96 Å². The maximum Gasteiger partial charge on any atom is 0.218 e. The predicted octanol–water partition coefficient (Wildman–Crippen LogP) is 3.85. The van der Waals surface area contributed by atoms with E-state index < -0.39 is 0 Å². The number of benzene rings is 1. The molecule has 2 atom stereocenters. The van der Waals surface area contributed by atoms with Crippen LogP contribution in [-0.2, 0) is 11.3 Å². The molecule has 0 amide bonds. The summed E-state index contributed by atoms with van der Waals surface area (Å²) in [6.07, 6.45) is 4.08.